The van der Waals surface area contributed by atoms with Gasteiger partial charge in [-0.2, -0.15) is 0 Å². The molecule has 1 aliphatic rings. The highest BCUT2D eigenvalue weighted by Crippen LogP contribution is 2.24. The number of rotatable bonds is 2. The molecule has 0 aromatic rings. The van der Waals surface area contributed by atoms with Gasteiger partial charge in [0.05, 0.1) is 6.61 Å². The first-order chi connectivity index (χ1) is 6.25. The average molecular weight is 182 g/mol. The van der Waals surface area contributed by atoms with Crippen LogP contribution in [0.1, 0.15) is 46.0 Å². The molecule has 0 fully saturated rings. The van der Waals surface area contributed by atoms with Crippen molar-refractivity contribution in [1.29, 1.82) is 0 Å². The molecule has 1 aliphatic carbocycles. The van der Waals surface area contributed by atoms with Gasteiger partial charge in [-0.15, -0.1) is 0 Å². The summed E-state index contributed by atoms with van der Waals surface area (Å²) in [4.78, 5) is 11.5. The van der Waals surface area contributed by atoms with Crippen molar-refractivity contribution in [1.82, 2.24) is 0 Å². The van der Waals surface area contributed by atoms with Crippen LogP contribution in [0.25, 0.3) is 0 Å². The first-order valence-corrected chi connectivity index (χ1v) is 5.11. The summed E-state index contributed by atoms with van der Waals surface area (Å²) in [7, 11) is 0. The number of esters is 1. The molecule has 0 saturated carbocycles. The first kappa shape index (κ1) is 10.3. The third-order valence-electron chi connectivity index (χ3n) is 2.52. The van der Waals surface area contributed by atoms with Crippen LogP contribution in [0.5, 0.6) is 0 Å². The summed E-state index contributed by atoms with van der Waals surface area (Å²) in [5.41, 5.74) is 2.16. The summed E-state index contributed by atoms with van der Waals surface area (Å²) in [6, 6.07) is 0. The highest BCUT2D eigenvalue weighted by molar-refractivity contribution is 5.89. The fourth-order valence-corrected chi connectivity index (χ4v) is 1.73. The summed E-state index contributed by atoms with van der Waals surface area (Å²) in [6.45, 7) is 4.39. The molecule has 2 heteroatoms. The molecule has 0 heterocycles. The second-order valence-corrected chi connectivity index (χ2v) is 3.54. The van der Waals surface area contributed by atoms with E-state index in [1.54, 1.807) is 0 Å². The third kappa shape index (κ3) is 2.87. The van der Waals surface area contributed by atoms with E-state index >= 15 is 0 Å². The minimum Gasteiger partial charge on any atom is -0.463 e. The Kier molecular flexibility index (Phi) is 4.00. The smallest absolute Gasteiger partial charge is 0.333 e. The zero-order valence-corrected chi connectivity index (χ0v) is 8.56. The Labute approximate surface area is 80.0 Å². The zero-order chi connectivity index (χ0) is 9.68. The zero-order valence-electron chi connectivity index (χ0n) is 8.56. The topological polar surface area (TPSA) is 26.3 Å². The normalized spacial score (nSPS) is 18.3. The third-order valence-corrected chi connectivity index (χ3v) is 2.52. The predicted octanol–water partition coefficient (Wildman–Crippen LogP) is 2.83. The number of hydrogen-bond acceptors (Lipinski definition) is 2. The molecule has 0 unspecified atom stereocenters. The van der Waals surface area contributed by atoms with Gasteiger partial charge < -0.3 is 4.74 Å². The van der Waals surface area contributed by atoms with E-state index in [0.29, 0.717) is 6.61 Å². The van der Waals surface area contributed by atoms with Crippen molar-refractivity contribution in [3.63, 3.8) is 0 Å². The van der Waals surface area contributed by atoms with E-state index in [1.807, 2.05) is 6.92 Å². The van der Waals surface area contributed by atoms with Gasteiger partial charge in [0.15, 0.2) is 0 Å². The summed E-state index contributed by atoms with van der Waals surface area (Å²) in [5, 5.41) is 0. The van der Waals surface area contributed by atoms with Crippen LogP contribution in [-0.2, 0) is 9.53 Å². The Morgan fingerprint density at radius 1 is 1.31 bits per heavy atom. The van der Waals surface area contributed by atoms with Crippen molar-refractivity contribution >= 4 is 5.97 Å². The largest absolute Gasteiger partial charge is 0.463 e. The van der Waals surface area contributed by atoms with Gasteiger partial charge in [0.2, 0.25) is 0 Å². The van der Waals surface area contributed by atoms with E-state index in [4.69, 9.17) is 4.74 Å². The Morgan fingerprint density at radius 2 is 2.00 bits per heavy atom. The molecule has 1 rings (SSSR count). The van der Waals surface area contributed by atoms with Crippen molar-refractivity contribution in [3.05, 3.63) is 11.1 Å². The van der Waals surface area contributed by atoms with Crippen LogP contribution in [0.4, 0.5) is 0 Å². The van der Waals surface area contributed by atoms with Gasteiger partial charge in [-0.05, 0) is 39.5 Å². The molecule has 0 aliphatic heterocycles. The monoisotopic (exact) mass is 182 g/mol. The Morgan fingerprint density at radius 3 is 2.69 bits per heavy atom. The van der Waals surface area contributed by atoms with Crippen LogP contribution in [0.2, 0.25) is 0 Å². The maximum absolute atomic E-state index is 11.5. The summed E-state index contributed by atoms with van der Waals surface area (Å²) in [6.07, 6.45) is 5.55. The van der Waals surface area contributed by atoms with E-state index in [1.165, 1.54) is 18.4 Å². The van der Waals surface area contributed by atoms with E-state index in [-0.39, 0.29) is 5.97 Å². The lowest BCUT2D eigenvalue weighted by atomic mass is 10.1. The Bertz CT molecular complexity index is 216. The number of allylic oxidation sites excluding steroid dienone is 1. The molecule has 0 atom stereocenters. The number of hydrogen-bond donors (Lipinski definition) is 0. The average Bonchev–Trinajstić information content (AvgIpc) is 2.30. The highest BCUT2D eigenvalue weighted by Gasteiger charge is 2.15. The van der Waals surface area contributed by atoms with Crippen LogP contribution < -0.4 is 0 Å². The van der Waals surface area contributed by atoms with E-state index < -0.39 is 0 Å². The Balaban J connectivity index is 2.67. The van der Waals surface area contributed by atoms with Gasteiger partial charge in [0.25, 0.3) is 0 Å². The second kappa shape index (κ2) is 5.05. The van der Waals surface area contributed by atoms with Crippen molar-refractivity contribution in [3.8, 4) is 0 Å². The maximum Gasteiger partial charge on any atom is 0.333 e. The summed E-state index contributed by atoms with van der Waals surface area (Å²) in [5.74, 6) is -0.0955. The summed E-state index contributed by atoms with van der Waals surface area (Å²) < 4.78 is 5.01. The van der Waals surface area contributed by atoms with Crippen molar-refractivity contribution in [2.75, 3.05) is 6.61 Å². The van der Waals surface area contributed by atoms with E-state index in [0.717, 1.165) is 24.8 Å². The van der Waals surface area contributed by atoms with Crippen LogP contribution >= 0.6 is 0 Å². The van der Waals surface area contributed by atoms with Gasteiger partial charge in [0, 0.05) is 5.57 Å². The quantitative estimate of drug-likeness (QED) is 0.614. The Hall–Kier alpha value is -0.790. The molecule has 0 radical (unpaired) electrons. The van der Waals surface area contributed by atoms with Gasteiger partial charge in [-0.25, -0.2) is 4.79 Å². The highest BCUT2D eigenvalue weighted by atomic mass is 16.5. The SMILES string of the molecule is CCOC(=O)C1=C(C)CCCCC1. The van der Waals surface area contributed by atoms with Gasteiger partial charge in [-0.1, -0.05) is 12.0 Å². The molecule has 74 valence electrons. The molecule has 0 amide bonds. The van der Waals surface area contributed by atoms with Crippen molar-refractivity contribution in [2.24, 2.45) is 0 Å². The second-order valence-electron chi connectivity index (χ2n) is 3.54. The van der Waals surface area contributed by atoms with Crippen LogP contribution in [-0.4, -0.2) is 12.6 Å². The van der Waals surface area contributed by atoms with E-state index in [2.05, 4.69) is 6.92 Å². The van der Waals surface area contributed by atoms with Gasteiger partial charge in [0.1, 0.15) is 0 Å². The molecule has 0 spiro atoms. The lowest BCUT2D eigenvalue weighted by Crippen LogP contribution is -2.08. The molecule has 2 nitrogen and oxygen atoms in total. The van der Waals surface area contributed by atoms with E-state index in [9.17, 15) is 4.79 Å². The fraction of sp³-hybridized carbons (Fsp3) is 0.727. The minimum atomic E-state index is -0.0955. The molecule has 0 aromatic carbocycles. The van der Waals surface area contributed by atoms with Crippen LogP contribution in [0, 0.1) is 0 Å². The maximum atomic E-state index is 11.5. The summed E-state index contributed by atoms with van der Waals surface area (Å²) >= 11 is 0. The lowest BCUT2D eigenvalue weighted by Gasteiger charge is -2.07. The number of ether oxygens (including phenoxy) is 1. The molecule has 0 saturated heterocycles. The molecule has 13 heavy (non-hydrogen) atoms. The van der Waals surface area contributed by atoms with Crippen molar-refractivity contribution < 1.29 is 9.53 Å². The standard InChI is InChI=1S/C11H18O2/c1-3-13-11(12)10-8-6-4-5-7-9(10)2/h3-8H2,1-2H3. The number of carbonyl (C=O) groups is 1. The van der Waals surface area contributed by atoms with Crippen molar-refractivity contribution in [2.45, 2.75) is 46.0 Å². The van der Waals surface area contributed by atoms with Crippen LogP contribution in [0.15, 0.2) is 11.1 Å². The molecule has 0 bridgehead atoms. The molecular formula is C11H18O2. The molecular weight excluding hydrogens is 164 g/mol. The minimum absolute atomic E-state index is 0.0955. The number of carbonyl (C=O) groups excluding carboxylic acids is 1. The molecule has 0 N–H and O–H groups in total. The predicted molar refractivity (Wildman–Crippen MR) is 52.4 cm³/mol. The van der Waals surface area contributed by atoms with Gasteiger partial charge >= 0.3 is 5.97 Å². The molecule has 0 aromatic heterocycles. The lowest BCUT2D eigenvalue weighted by molar-refractivity contribution is -0.138. The van der Waals surface area contributed by atoms with Gasteiger partial charge in [-0.3, -0.25) is 0 Å². The first-order valence-electron chi connectivity index (χ1n) is 5.11. The van der Waals surface area contributed by atoms with Crippen LogP contribution in [0.3, 0.4) is 0 Å². The fourth-order valence-electron chi connectivity index (χ4n) is 1.73.